The molecule has 0 heterocycles. The van der Waals surface area contributed by atoms with Crippen LogP contribution in [0, 0.1) is 0 Å². The fourth-order valence-corrected chi connectivity index (χ4v) is 2.28. The van der Waals surface area contributed by atoms with Gasteiger partial charge in [-0.25, -0.2) is 0 Å². The van der Waals surface area contributed by atoms with E-state index in [1.807, 2.05) is 42.5 Å². The second-order valence-electron chi connectivity index (χ2n) is 5.47. The maximum atomic E-state index is 11.0. The molecule has 0 aliphatic carbocycles. The van der Waals surface area contributed by atoms with E-state index in [1.54, 1.807) is 7.11 Å². The molecule has 2 rings (SSSR count). The number of rotatable bonds is 4. The third-order valence-electron chi connectivity index (χ3n) is 3.63. The van der Waals surface area contributed by atoms with Crippen LogP contribution in [-0.4, -0.2) is 13.1 Å². The van der Waals surface area contributed by atoms with Gasteiger partial charge in [-0.05, 0) is 35.4 Å². The second-order valence-corrected chi connectivity index (χ2v) is 5.47. The summed E-state index contributed by atoms with van der Waals surface area (Å²) in [6.07, 6.45) is 0. The summed E-state index contributed by atoms with van der Waals surface area (Å²) in [6, 6.07) is 15.7. The normalized spacial score (nSPS) is 10.5. The summed E-state index contributed by atoms with van der Waals surface area (Å²) in [5.41, 5.74) is 2.15. The van der Waals surface area contributed by atoms with Crippen LogP contribution in [0.1, 0.15) is 31.9 Å². The Morgan fingerprint density at radius 1 is 0.955 bits per heavy atom. The molecule has 0 unspecified atom stereocenters. The van der Waals surface area contributed by atoms with Gasteiger partial charge < -0.3 is 9.47 Å². The molecule has 0 bridgehead atoms. The minimum absolute atomic E-state index is 0. The molecular weight excluding hydrogens is 448 g/mol. The maximum Gasteiger partial charge on any atom is 0.308 e. The zero-order valence-corrected chi connectivity index (χ0v) is 16.2. The Labute approximate surface area is 145 Å². The van der Waals surface area contributed by atoms with Gasteiger partial charge in [-0.1, -0.05) is 38.1 Å². The van der Waals surface area contributed by atoms with Crippen LogP contribution in [0.2, 0.25) is 0 Å². The van der Waals surface area contributed by atoms with E-state index in [4.69, 9.17) is 9.47 Å². The monoisotopic (exact) mass is 468 g/mol. The Morgan fingerprint density at radius 3 is 2.14 bits per heavy atom. The van der Waals surface area contributed by atoms with E-state index in [-0.39, 0.29) is 32.4 Å². The van der Waals surface area contributed by atoms with Crippen molar-refractivity contribution in [3.8, 4) is 11.5 Å². The molecule has 0 saturated carbocycles. The van der Waals surface area contributed by atoms with Crippen LogP contribution < -0.4 is 9.47 Å². The Bertz CT molecular complexity index is 633. The van der Waals surface area contributed by atoms with Crippen molar-refractivity contribution in [3.63, 3.8) is 0 Å². The summed E-state index contributed by atoms with van der Waals surface area (Å²) in [6.45, 7) is 5.71. The second kappa shape index (κ2) is 7.60. The third kappa shape index (κ3) is 4.20. The summed E-state index contributed by atoms with van der Waals surface area (Å²) in [5, 5.41) is 0. The van der Waals surface area contributed by atoms with Crippen molar-refractivity contribution >= 4 is 5.97 Å². The molecule has 0 amide bonds. The number of ether oxygens (including phenoxy) is 2. The molecule has 0 fully saturated rings. The van der Waals surface area contributed by atoms with Crippen LogP contribution in [0.25, 0.3) is 0 Å². The fraction of sp³-hybridized carbons (Fsp3) is 0.278. The van der Waals surface area contributed by atoms with Crippen molar-refractivity contribution in [2.75, 3.05) is 7.11 Å². The number of methoxy groups -OCH3 is 1. The first-order valence-corrected chi connectivity index (χ1v) is 6.87. The van der Waals surface area contributed by atoms with E-state index in [9.17, 15) is 4.79 Å². The maximum absolute atomic E-state index is 11.0. The van der Waals surface area contributed by atoms with E-state index in [0.717, 1.165) is 11.3 Å². The summed E-state index contributed by atoms with van der Waals surface area (Å²) in [5.74, 6) is 1.10. The first-order chi connectivity index (χ1) is 9.93. The predicted molar refractivity (Wildman–Crippen MR) is 82.9 cm³/mol. The molecule has 116 valence electrons. The minimum Gasteiger partial charge on any atom is -0.497 e. The van der Waals surface area contributed by atoms with E-state index < -0.39 is 0 Å². The Hall–Kier alpha value is -1.60. The topological polar surface area (TPSA) is 35.5 Å². The third-order valence-corrected chi connectivity index (χ3v) is 3.63. The van der Waals surface area contributed by atoms with Crippen molar-refractivity contribution in [1.29, 1.82) is 0 Å². The standard InChI is InChI=1S/C18H20O3.W/c1-13(19)21-16-10-8-14(9-11-16)18(2,3)15-6-5-7-17(12-15)20-4;/h5-12H,1-4H3;. The van der Waals surface area contributed by atoms with Crippen molar-refractivity contribution in [1.82, 2.24) is 0 Å². The number of carbonyl (C=O) groups excluding carboxylic acids is 1. The van der Waals surface area contributed by atoms with Gasteiger partial charge in [0.2, 0.25) is 0 Å². The van der Waals surface area contributed by atoms with Crippen LogP contribution in [0.15, 0.2) is 48.5 Å². The molecular formula is C18H20O3W. The van der Waals surface area contributed by atoms with Gasteiger partial charge in [0.25, 0.3) is 0 Å². The van der Waals surface area contributed by atoms with Crippen molar-refractivity contribution in [2.24, 2.45) is 0 Å². The van der Waals surface area contributed by atoms with E-state index >= 15 is 0 Å². The first kappa shape index (κ1) is 18.4. The van der Waals surface area contributed by atoms with Gasteiger partial charge in [-0.15, -0.1) is 0 Å². The van der Waals surface area contributed by atoms with Crippen LogP contribution in [0.5, 0.6) is 11.5 Å². The first-order valence-electron chi connectivity index (χ1n) is 6.87. The SMILES string of the molecule is COc1cccc(C(C)(C)c2ccc(OC(C)=O)cc2)c1.[W]. The van der Waals surface area contributed by atoms with Crippen molar-refractivity contribution < 1.29 is 35.3 Å². The van der Waals surface area contributed by atoms with E-state index in [1.165, 1.54) is 12.5 Å². The molecule has 22 heavy (non-hydrogen) atoms. The molecule has 0 spiro atoms. The molecule has 2 aromatic carbocycles. The molecule has 0 aromatic heterocycles. The summed E-state index contributed by atoms with van der Waals surface area (Å²) in [4.78, 5) is 11.0. The molecule has 0 saturated heterocycles. The fourth-order valence-electron chi connectivity index (χ4n) is 2.28. The van der Waals surface area contributed by atoms with Gasteiger partial charge in [0.1, 0.15) is 11.5 Å². The van der Waals surface area contributed by atoms with Crippen molar-refractivity contribution in [3.05, 3.63) is 59.7 Å². The molecule has 3 nitrogen and oxygen atoms in total. The zero-order valence-electron chi connectivity index (χ0n) is 13.3. The molecule has 0 atom stereocenters. The van der Waals surface area contributed by atoms with Crippen LogP contribution >= 0.6 is 0 Å². The quantitative estimate of drug-likeness (QED) is 0.504. The predicted octanol–water partition coefficient (Wildman–Crippen LogP) is 3.94. The Balaban J connectivity index is 0.00000242. The van der Waals surface area contributed by atoms with E-state index in [0.29, 0.717) is 5.75 Å². The number of benzene rings is 2. The molecule has 4 heteroatoms. The number of hydrogen-bond acceptors (Lipinski definition) is 3. The molecule has 0 aliphatic rings. The van der Waals surface area contributed by atoms with E-state index in [2.05, 4.69) is 19.9 Å². The van der Waals surface area contributed by atoms with Crippen LogP contribution in [0.3, 0.4) is 0 Å². The minimum atomic E-state index is -0.310. The summed E-state index contributed by atoms with van der Waals surface area (Å²) in [7, 11) is 1.67. The largest absolute Gasteiger partial charge is 0.497 e. The van der Waals surface area contributed by atoms with Gasteiger partial charge in [-0.2, -0.15) is 0 Å². The number of hydrogen-bond donors (Lipinski definition) is 0. The van der Waals surface area contributed by atoms with Gasteiger partial charge >= 0.3 is 5.97 Å². The Morgan fingerprint density at radius 2 is 1.59 bits per heavy atom. The molecule has 2 aromatic rings. The Kier molecular flexibility index (Phi) is 6.37. The number of carbonyl (C=O) groups is 1. The van der Waals surface area contributed by atoms with Gasteiger partial charge in [-0.3, -0.25) is 4.79 Å². The van der Waals surface area contributed by atoms with Gasteiger partial charge in [0, 0.05) is 33.4 Å². The van der Waals surface area contributed by atoms with Gasteiger partial charge in [0.15, 0.2) is 0 Å². The van der Waals surface area contributed by atoms with Gasteiger partial charge in [0.05, 0.1) is 7.11 Å². The average molecular weight is 468 g/mol. The molecule has 0 N–H and O–H groups in total. The smallest absolute Gasteiger partial charge is 0.308 e. The van der Waals surface area contributed by atoms with Crippen LogP contribution in [-0.2, 0) is 31.3 Å². The summed E-state index contributed by atoms with van der Waals surface area (Å²) >= 11 is 0. The van der Waals surface area contributed by atoms with Crippen LogP contribution in [0.4, 0.5) is 0 Å². The molecule has 0 aliphatic heterocycles. The zero-order chi connectivity index (χ0) is 15.5. The molecule has 0 radical (unpaired) electrons. The number of esters is 1. The summed E-state index contributed by atoms with van der Waals surface area (Å²) < 4.78 is 10.4. The average Bonchev–Trinajstić information content (AvgIpc) is 2.47. The van der Waals surface area contributed by atoms with Crippen molar-refractivity contribution in [2.45, 2.75) is 26.2 Å².